The number of carbonyl (C=O) groups is 4. The highest BCUT2D eigenvalue weighted by Crippen LogP contribution is 2.59. The van der Waals surface area contributed by atoms with E-state index < -0.39 is 59.5 Å². The fraction of sp³-hybridized carbons (Fsp3) is 0.429. The first-order valence-corrected chi connectivity index (χ1v) is 17.0. The van der Waals surface area contributed by atoms with E-state index in [-0.39, 0.29) is 38.4 Å². The number of likely N-dealkylation sites (N-methyl/N-ethyl adjacent to an activating group) is 1. The van der Waals surface area contributed by atoms with E-state index in [9.17, 15) is 24.3 Å². The molecule has 0 saturated carbocycles. The first-order valence-electron chi connectivity index (χ1n) is 15.8. The maximum absolute atomic E-state index is 14.8. The number of likely N-dealkylation sites (tertiary alicyclic amines) is 1. The number of halogens is 2. The minimum atomic E-state index is -1.46. The van der Waals surface area contributed by atoms with Crippen LogP contribution in [-0.2, 0) is 28.7 Å². The van der Waals surface area contributed by atoms with Crippen LogP contribution in [-0.4, -0.2) is 89.1 Å². The largest absolute Gasteiger partial charge is 0.455 e. The van der Waals surface area contributed by atoms with Crippen LogP contribution >= 0.6 is 27.5 Å². The Bertz CT molecular complexity index is 1600. The Morgan fingerprint density at radius 3 is 2.43 bits per heavy atom. The quantitative estimate of drug-likeness (QED) is 0.359. The molecule has 6 rings (SSSR count). The minimum absolute atomic E-state index is 0.0894. The number of benzene rings is 2. The molecule has 10 nitrogen and oxygen atoms in total. The van der Waals surface area contributed by atoms with Gasteiger partial charge in [0.2, 0.25) is 11.8 Å². The van der Waals surface area contributed by atoms with E-state index in [4.69, 9.17) is 21.1 Å². The molecule has 1 spiro atoms. The molecule has 2 saturated heterocycles. The summed E-state index contributed by atoms with van der Waals surface area (Å²) in [5.41, 5.74) is -0.203. The maximum atomic E-state index is 14.8. The second kappa shape index (κ2) is 13.5. The van der Waals surface area contributed by atoms with Gasteiger partial charge in [-0.15, -0.1) is 0 Å². The molecule has 12 heteroatoms. The lowest BCUT2D eigenvalue weighted by atomic mass is 9.74. The molecule has 7 atom stereocenters. The number of carbonyl (C=O) groups excluding carboxylic acids is 4. The summed E-state index contributed by atoms with van der Waals surface area (Å²) in [6, 6.07) is 14.4. The summed E-state index contributed by atoms with van der Waals surface area (Å²) in [6.45, 7) is 1.88. The molecular weight excluding hydrogens is 690 g/mol. The Hall–Kier alpha value is -3.51. The van der Waals surface area contributed by atoms with E-state index >= 15 is 0 Å². The molecule has 4 aliphatic rings. The fourth-order valence-electron chi connectivity index (χ4n) is 7.24. The van der Waals surface area contributed by atoms with Gasteiger partial charge in [0.05, 0.1) is 12.0 Å². The zero-order chi connectivity index (χ0) is 33.5. The normalized spacial score (nSPS) is 32.0. The van der Waals surface area contributed by atoms with Crippen molar-refractivity contribution < 1.29 is 33.8 Å². The average Bonchev–Trinajstić information content (AvgIpc) is 3.66. The summed E-state index contributed by atoms with van der Waals surface area (Å²) in [7, 11) is 1.69. The lowest BCUT2D eigenvalue weighted by molar-refractivity contribution is -0.164. The van der Waals surface area contributed by atoms with E-state index in [0.29, 0.717) is 27.2 Å². The van der Waals surface area contributed by atoms with Crippen LogP contribution < -0.4 is 4.90 Å². The van der Waals surface area contributed by atoms with Gasteiger partial charge in [-0.2, -0.15) is 0 Å². The van der Waals surface area contributed by atoms with Gasteiger partial charge < -0.3 is 29.3 Å². The van der Waals surface area contributed by atoms with Gasteiger partial charge in [-0.25, -0.2) is 0 Å². The predicted molar refractivity (Wildman–Crippen MR) is 178 cm³/mol. The van der Waals surface area contributed by atoms with Crippen LogP contribution in [0.15, 0.2) is 77.3 Å². The van der Waals surface area contributed by atoms with Gasteiger partial charge in [0, 0.05) is 48.4 Å². The summed E-state index contributed by atoms with van der Waals surface area (Å²) in [5.74, 6) is -3.71. The number of aliphatic hydroxyl groups is 1. The third kappa shape index (κ3) is 5.92. The first kappa shape index (κ1) is 33.4. The zero-order valence-electron chi connectivity index (χ0n) is 26.1. The Kier molecular flexibility index (Phi) is 9.62. The number of allylic oxidation sites excluding steroid dienone is 1. The van der Waals surface area contributed by atoms with Crippen LogP contribution in [0.5, 0.6) is 0 Å². The van der Waals surface area contributed by atoms with Gasteiger partial charge in [0.15, 0.2) is 0 Å². The molecule has 4 aliphatic heterocycles. The van der Waals surface area contributed by atoms with Crippen LogP contribution in [0.4, 0.5) is 5.69 Å². The molecule has 2 fully saturated rings. The monoisotopic (exact) mass is 725 g/mol. The number of fused-ring (bicyclic) bond motifs is 2. The number of nitrogens with zero attached hydrogens (tertiary/aromatic N) is 3. The molecule has 0 aliphatic carbocycles. The highest BCUT2D eigenvalue weighted by Gasteiger charge is 2.75. The maximum Gasteiger partial charge on any atom is 0.313 e. The van der Waals surface area contributed by atoms with E-state index in [1.807, 2.05) is 49.4 Å². The average molecular weight is 727 g/mol. The van der Waals surface area contributed by atoms with Gasteiger partial charge in [0.25, 0.3) is 5.91 Å². The van der Waals surface area contributed by atoms with Gasteiger partial charge in [-0.1, -0.05) is 70.0 Å². The molecule has 2 aromatic rings. The number of cyclic esters (lactones) is 1. The summed E-state index contributed by atoms with van der Waals surface area (Å²) >= 11 is 9.76. The van der Waals surface area contributed by atoms with Crippen molar-refractivity contribution in [3.8, 4) is 0 Å². The molecular formula is C35H37BrClN3O7. The van der Waals surface area contributed by atoms with Gasteiger partial charge in [0.1, 0.15) is 29.8 Å². The molecule has 0 aromatic heterocycles. The van der Waals surface area contributed by atoms with Crippen LogP contribution in [0.25, 0.3) is 0 Å². The zero-order valence-corrected chi connectivity index (χ0v) is 28.5. The van der Waals surface area contributed by atoms with Crippen LogP contribution in [0, 0.1) is 11.8 Å². The lowest BCUT2D eigenvalue weighted by Crippen LogP contribution is -2.56. The SMILES string of the molecule is C[C@H]1[C@H](c2ccccc2)OC(=O)[C@H]2[C@@H]3O[C@@]4(C=C3Br)[C@@H]2C(=O)N(CCCO)[C@@H]4C(=O)N(c2ccc(Cl)cc2)C/C=C\CCC(=O)N1C. The minimum Gasteiger partial charge on any atom is -0.455 e. The second-order valence-corrected chi connectivity index (χ2v) is 13.7. The lowest BCUT2D eigenvalue weighted by Gasteiger charge is -2.36. The first-order chi connectivity index (χ1) is 22.6. The number of rotatable bonds is 5. The summed E-state index contributed by atoms with van der Waals surface area (Å²) < 4.78 is 13.4. The number of aliphatic hydroxyl groups excluding tert-OH is 1. The van der Waals surface area contributed by atoms with Crippen LogP contribution in [0.3, 0.4) is 0 Å². The van der Waals surface area contributed by atoms with Crippen molar-refractivity contribution in [3.63, 3.8) is 0 Å². The van der Waals surface area contributed by atoms with E-state index in [1.165, 1.54) is 4.90 Å². The third-order valence-corrected chi connectivity index (χ3v) is 10.6. The number of anilines is 1. The summed E-state index contributed by atoms with van der Waals surface area (Å²) in [5, 5.41) is 10.2. The van der Waals surface area contributed by atoms with E-state index in [2.05, 4.69) is 15.9 Å². The van der Waals surface area contributed by atoms with Crippen molar-refractivity contribution in [2.45, 2.75) is 56.1 Å². The standard InChI is InChI=1S/C35H37BrClN3O7/c1-21-29(22-10-5-3-6-11-22)46-34(45)27-28-32(43)40(18-9-19-41)31(35(28)20-25(36)30(27)47-35)33(44)39(24-15-13-23(37)14-16-24)17-8-4-7-12-26(42)38(21)2/h3-6,8,10-11,13-16,20-21,27-31,41H,7,9,12,17-19H2,1-2H3/b8-4-/t21-,27+,28-,29+,30+,31+,35-/m0/s1. The van der Waals surface area contributed by atoms with Crippen molar-refractivity contribution in [2.24, 2.45) is 11.8 Å². The van der Waals surface area contributed by atoms with E-state index in [1.54, 1.807) is 47.2 Å². The Morgan fingerprint density at radius 1 is 1.00 bits per heavy atom. The molecule has 0 radical (unpaired) electrons. The van der Waals surface area contributed by atoms with Crippen LogP contribution in [0.2, 0.25) is 5.02 Å². The third-order valence-electron chi connectivity index (χ3n) is 9.69. The number of esters is 1. The number of amides is 3. The van der Waals surface area contributed by atoms with Crippen molar-refractivity contribution in [2.75, 3.05) is 31.6 Å². The number of hydrogen-bond donors (Lipinski definition) is 1. The van der Waals surface area contributed by atoms with Crippen molar-refractivity contribution in [1.82, 2.24) is 9.80 Å². The van der Waals surface area contributed by atoms with Gasteiger partial charge in [-0.3, -0.25) is 19.2 Å². The smallest absolute Gasteiger partial charge is 0.313 e. The summed E-state index contributed by atoms with van der Waals surface area (Å²) in [4.78, 5) is 61.4. The molecule has 2 aromatic carbocycles. The molecule has 3 amide bonds. The van der Waals surface area contributed by atoms with Crippen LogP contribution in [0.1, 0.15) is 37.9 Å². The summed E-state index contributed by atoms with van der Waals surface area (Å²) in [6.07, 6.45) is 4.62. The molecule has 47 heavy (non-hydrogen) atoms. The van der Waals surface area contributed by atoms with Crippen molar-refractivity contribution >= 4 is 56.9 Å². The molecule has 248 valence electrons. The number of ether oxygens (including phenoxy) is 2. The second-order valence-electron chi connectivity index (χ2n) is 12.4. The highest BCUT2D eigenvalue weighted by molar-refractivity contribution is 9.11. The molecule has 0 unspecified atom stereocenters. The number of hydrogen-bond acceptors (Lipinski definition) is 7. The topological polar surface area (TPSA) is 117 Å². The molecule has 4 heterocycles. The van der Waals surface area contributed by atoms with Crippen molar-refractivity contribution in [1.29, 1.82) is 0 Å². The highest BCUT2D eigenvalue weighted by atomic mass is 79.9. The van der Waals surface area contributed by atoms with Crippen molar-refractivity contribution in [3.05, 3.63) is 87.9 Å². The Labute approximate surface area is 287 Å². The van der Waals surface area contributed by atoms with Gasteiger partial charge in [-0.05, 0) is 55.7 Å². The van der Waals surface area contributed by atoms with E-state index in [0.717, 1.165) is 0 Å². The fourth-order valence-corrected chi connectivity index (χ4v) is 8.10. The molecule has 5 bridgehead atoms. The molecule has 1 N–H and O–H groups in total. The Morgan fingerprint density at radius 2 is 1.72 bits per heavy atom. The van der Waals surface area contributed by atoms with Gasteiger partial charge >= 0.3 is 5.97 Å². The predicted octanol–water partition coefficient (Wildman–Crippen LogP) is 4.41. The Balaban J connectivity index is 1.47.